The first-order valence-corrected chi connectivity index (χ1v) is 6.72. The lowest BCUT2D eigenvalue weighted by Crippen LogP contribution is -2.23. The van der Waals surface area contributed by atoms with Crippen LogP contribution in [0.15, 0.2) is 48.5 Å². The van der Waals surface area contributed by atoms with Crippen LogP contribution in [0.4, 0.5) is 10.1 Å². The highest BCUT2D eigenvalue weighted by molar-refractivity contribution is 5.94. The molecule has 2 rings (SSSR count). The average Bonchev–Trinajstić information content (AvgIpc) is 2.55. The molecule has 0 heterocycles. The van der Waals surface area contributed by atoms with Gasteiger partial charge < -0.3 is 10.1 Å². The van der Waals surface area contributed by atoms with Crippen molar-refractivity contribution in [3.05, 3.63) is 59.9 Å². The van der Waals surface area contributed by atoms with Crippen molar-refractivity contribution >= 4 is 11.6 Å². The summed E-state index contributed by atoms with van der Waals surface area (Å²) in [6.07, 6.45) is 0.244. The predicted molar refractivity (Wildman–Crippen MR) is 80.8 cm³/mol. The van der Waals surface area contributed by atoms with Crippen molar-refractivity contribution in [2.45, 2.75) is 6.42 Å². The van der Waals surface area contributed by atoms with Crippen LogP contribution < -0.4 is 10.1 Å². The minimum atomic E-state index is -0.860. The molecule has 5 heteroatoms. The van der Waals surface area contributed by atoms with Crippen molar-refractivity contribution in [1.29, 1.82) is 5.26 Å². The molecule has 0 bridgehead atoms. The van der Waals surface area contributed by atoms with Gasteiger partial charge in [0.1, 0.15) is 17.5 Å². The minimum absolute atomic E-state index is 0.244. The molecule has 0 aliphatic rings. The maximum Gasteiger partial charge on any atom is 0.242 e. The molecule has 112 valence electrons. The number of carbonyl (C=O) groups is 1. The van der Waals surface area contributed by atoms with E-state index in [-0.39, 0.29) is 12.2 Å². The molecule has 0 spiro atoms. The summed E-state index contributed by atoms with van der Waals surface area (Å²) >= 11 is 0. The normalized spacial score (nSPS) is 11.3. The number of rotatable bonds is 5. The molecule has 0 fully saturated rings. The predicted octanol–water partition coefficient (Wildman–Crippen LogP) is 3.16. The highest BCUT2D eigenvalue weighted by Crippen LogP contribution is 2.21. The van der Waals surface area contributed by atoms with Gasteiger partial charge in [0.15, 0.2) is 0 Å². The highest BCUT2D eigenvalue weighted by atomic mass is 19.1. The van der Waals surface area contributed by atoms with Gasteiger partial charge >= 0.3 is 0 Å². The van der Waals surface area contributed by atoms with Crippen LogP contribution in [-0.4, -0.2) is 13.0 Å². The van der Waals surface area contributed by atoms with Gasteiger partial charge in [-0.25, -0.2) is 4.39 Å². The van der Waals surface area contributed by atoms with Crippen LogP contribution in [0.5, 0.6) is 5.75 Å². The molecule has 0 saturated heterocycles. The zero-order valence-electron chi connectivity index (χ0n) is 12.0. The average molecular weight is 298 g/mol. The van der Waals surface area contributed by atoms with Crippen LogP contribution in [0.25, 0.3) is 0 Å². The number of hydrogen-bond acceptors (Lipinski definition) is 3. The van der Waals surface area contributed by atoms with Crippen LogP contribution in [0, 0.1) is 23.1 Å². The number of methoxy groups -OCH3 is 1. The van der Waals surface area contributed by atoms with Crippen molar-refractivity contribution in [2.24, 2.45) is 5.92 Å². The number of anilines is 1. The molecule has 2 aromatic carbocycles. The number of halogens is 1. The summed E-state index contributed by atoms with van der Waals surface area (Å²) in [4.78, 5) is 12.2. The summed E-state index contributed by atoms with van der Waals surface area (Å²) in [6, 6.07) is 14.6. The van der Waals surface area contributed by atoms with E-state index in [0.29, 0.717) is 11.4 Å². The first kappa shape index (κ1) is 15.5. The number of nitriles is 1. The van der Waals surface area contributed by atoms with Gasteiger partial charge in [0.25, 0.3) is 0 Å². The third-order valence-corrected chi connectivity index (χ3v) is 3.20. The van der Waals surface area contributed by atoms with Crippen LogP contribution in [0.2, 0.25) is 0 Å². The molecule has 0 radical (unpaired) electrons. The second kappa shape index (κ2) is 7.23. The van der Waals surface area contributed by atoms with Gasteiger partial charge in [-0.1, -0.05) is 18.2 Å². The van der Waals surface area contributed by atoms with E-state index < -0.39 is 11.8 Å². The van der Waals surface area contributed by atoms with Crippen LogP contribution in [-0.2, 0) is 11.2 Å². The lowest BCUT2D eigenvalue weighted by Gasteiger charge is -2.12. The van der Waals surface area contributed by atoms with E-state index >= 15 is 0 Å². The molecule has 4 nitrogen and oxygen atoms in total. The lowest BCUT2D eigenvalue weighted by molar-refractivity contribution is -0.118. The van der Waals surface area contributed by atoms with E-state index in [1.54, 1.807) is 13.2 Å². The number of nitrogens with zero attached hydrogens (tertiary/aromatic N) is 1. The monoisotopic (exact) mass is 298 g/mol. The van der Waals surface area contributed by atoms with Crippen LogP contribution in [0.1, 0.15) is 5.56 Å². The summed E-state index contributed by atoms with van der Waals surface area (Å²) in [7, 11) is 1.54. The Balaban J connectivity index is 2.09. The molecule has 0 saturated carbocycles. The van der Waals surface area contributed by atoms with Gasteiger partial charge in [0, 0.05) is 12.1 Å². The summed E-state index contributed by atoms with van der Waals surface area (Å²) in [5.41, 5.74) is 1.23. The number of amides is 1. The summed E-state index contributed by atoms with van der Waals surface area (Å²) in [6.45, 7) is 0. The largest absolute Gasteiger partial charge is 0.496 e. The fraction of sp³-hybridized carbons (Fsp3) is 0.176. The molecule has 0 unspecified atom stereocenters. The second-order valence-corrected chi connectivity index (χ2v) is 4.69. The Morgan fingerprint density at radius 2 is 1.95 bits per heavy atom. The van der Waals surface area contributed by atoms with E-state index in [1.165, 1.54) is 24.3 Å². The Kier molecular flexibility index (Phi) is 5.10. The third-order valence-electron chi connectivity index (χ3n) is 3.20. The second-order valence-electron chi connectivity index (χ2n) is 4.69. The molecule has 0 aliphatic heterocycles. The summed E-state index contributed by atoms with van der Waals surface area (Å²) in [5, 5.41) is 11.8. The van der Waals surface area contributed by atoms with E-state index in [4.69, 9.17) is 4.74 Å². The zero-order valence-corrected chi connectivity index (χ0v) is 12.0. The summed E-state index contributed by atoms with van der Waals surface area (Å²) < 4.78 is 18.1. The fourth-order valence-corrected chi connectivity index (χ4v) is 2.05. The SMILES string of the molecule is COc1ccccc1C[C@@H](C#N)C(=O)Nc1ccc(F)cc1. The van der Waals surface area contributed by atoms with Gasteiger partial charge in [-0.05, 0) is 35.9 Å². The van der Waals surface area contributed by atoms with Gasteiger partial charge in [-0.3, -0.25) is 4.79 Å². The Bertz CT molecular complexity index is 693. The zero-order chi connectivity index (χ0) is 15.9. The van der Waals surface area contributed by atoms with Gasteiger partial charge in [0.05, 0.1) is 13.2 Å². The maximum atomic E-state index is 12.8. The van der Waals surface area contributed by atoms with E-state index in [9.17, 15) is 14.4 Å². The number of para-hydroxylation sites is 1. The van der Waals surface area contributed by atoms with Crippen molar-refractivity contribution in [3.63, 3.8) is 0 Å². The molecule has 1 N–H and O–H groups in total. The molecule has 2 aromatic rings. The maximum absolute atomic E-state index is 12.8. The highest BCUT2D eigenvalue weighted by Gasteiger charge is 2.20. The van der Waals surface area contributed by atoms with Crippen molar-refractivity contribution in [1.82, 2.24) is 0 Å². The molecule has 1 atom stereocenters. The molecule has 1 amide bonds. The molecule has 22 heavy (non-hydrogen) atoms. The summed E-state index contributed by atoms with van der Waals surface area (Å²) in [5.74, 6) is -1.04. The van der Waals surface area contributed by atoms with Crippen molar-refractivity contribution in [2.75, 3.05) is 12.4 Å². The van der Waals surface area contributed by atoms with Crippen LogP contribution >= 0.6 is 0 Å². The standard InChI is InChI=1S/C17H15FN2O2/c1-22-16-5-3-2-4-12(16)10-13(11-19)17(21)20-15-8-6-14(18)7-9-15/h2-9,13H,10H2,1H3,(H,20,21)/t13-/m0/s1. The Morgan fingerprint density at radius 3 is 2.59 bits per heavy atom. The third kappa shape index (κ3) is 3.83. The van der Waals surface area contributed by atoms with Gasteiger partial charge in [0.2, 0.25) is 5.91 Å². The first-order chi connectivity index (χ1) is 10.6. The number of carbonyl (C=O) groups excluding carboxylic acids is 1. The number of ether oxygens (including phenoxy) is 1. The Hall–Kier alpha value is -2.87. The molecule has 0 aromatic heterocycles. The smallest absolute Gasteiger partial charge is 0.242 e. The topological polar surface area (TPSA) is 62.1 Å². The molecular formula is C17H15FN2O2. The molecule has 0 aliphatic carbocycles. The Morgan fingerprint density at radius 1 is 1.27 bits per heavy atom. The molecular weight excluding hydrogens is 283 g/mol. The number of nitrogens with one attached hydrogen (secondary N) is 1. The number of hydrogen-bond donors (Lipinski definition) is 1. The van der Waals surface area contributed by atoms with E-state index in [1.807, 2.05) is 24.3 Å². The van der Waals surface area contributed by atoms with Gasteiger partial charge in [-0.2, -0.15) is 5.26 Å². The fourth-order valence-electron chi connectivity index (χ4n) is 2.05. The first-order valence-electron chi connectivity index (χ1n) is 6.72. The number of benzene rings is 2. The lowest BCUT2D eigenvalue weighted by atomic mass is 9.99. The Labute approximate surface area is 128 Å². The van der Waals surface area contributed by atoms with Crippen LogP contribution in [0.3, 0.4) is 0 Å². The van der Waals surface area contributed by atoms with Gasteiger partial charge in [-0.15, -0.1) is 0 Å². The van der Waals surface area contributed by atoms with Crippen molar-refractivity contribution in [3.8, 4) is 11.8 Å². The minimum Gasteiger partial charge on any atom is -0.496 e. The van der Waals surface area contributed by atoms with E-state index in [2.05, 4.69) is 5.32 Å². The quantitative estimate of drug-likeness (QED) is 0.922. The van der Waals surface area contributed by atoms with Crippen molar-refractivity contribution < 1.29 is 13.9 Å². The van der Waals surface area contributed by atoms with E-state index in [0.717, 1.165) is 5.56 Å².